The lowest BCUT2D eigenvalue weighted by molar-refractivity contribution is 0.102. The number of anilines is 1. The molecule has 92 valence electrons. The van der Waals surface area contributed by atoms with Gasteiger partial charge in [-0.2, -0.15) is 0 Å². The van der Waals surface area contributed by atoms with Gasteiger partial charge in [-0.25, -0.2) is 0 Å². The Morgan fingerprint density at radius 2 is 2.22 bits per heavy atom. The number of nitrogens with zero attached hydrogens (tertiary/aromatic N) is 3. The van der Waals surface area contributed by atoms with E-state index in [2.05, 4.69) is 31.4 Å². The van der Waals surface area contributed by atoms with Gasteiger partial charge in [-0.05, 0) is 28.1 Å². The highest BCUT2D eigenvalue weighted by atomic mass is 79.9. The minimum absolute atomic E-state index is 0.186. The molecule has 0 bridgehead atoms. The fourth-order valence-corrected chi connectivity index (χ4v) is 3.09. The highest BCUT2D eigenvalue weighted by Gasteiger charge is 2.20. The van der Waals surface area contributed by atoms with Crippen molar-refractivity contribution in [1.29, 1.82) is 0 Å². The Labute approximate surface area is 116 Å². The molecule has 0 fully saturated rings. The van der Waals surface area contributed by atoms with E-state index in [9.17, 15) is 4.79 Å². The number of benzene rings is 1. The van der Waals surface area contributed by atoms with Gasteiger partial charge in [-0.15, -0.1) is 10.2 Å². The molecule has 1 aliphatic heterocycles. The Balaban J connectivity index is 1.85. The fourth-order valence-electron chi connectivity index (χ4n) is 1.73. The molecule has 0 saturated heterocycles. The van der Waals surface area contributed by atoms with E-state index in [1.807, 2.05) is 22.8 Å². The summed E-state index contributed by atoms with van der Waals surface area (Å²) >= 11 is 5.00. The Kier molecular flexibility index (Phi) is 3.09. The smallest absolute Gasteiger partial charge is 0.259 e. The van der Waals surface area contributed by atoms with Crippen LogP contribution in [0.15, 0.2) is 33.9 Å². The van der Waals surface area contributed by atoms with Crippen LogP contribution in [0.25, 0.3) is 0 Å². The molecule has 2 heterocycles. The van der Waals surface area contributed by atoms with Gasteiger partial charge in [-0.3, -0.25) is 14.7 Å². The normalized spacial score (nSPS) is 13.4. The fraction of sp³-hybridized carbons (Fsp3) is 0.182. The maximum Gasteiger partial charge on any atom is 0.259 e. The number of hydrogen-bond donors (Lipinski definition) is 1. The van der Waals surface area contributed by atoms with Crippen LogP contribution < -0.4 is 5.32 Å². The SMILES string of the molecule is O=C(Nc1nnc2n1CCS2)c1ccccc1Br. The average Bonchev–Trinajstić information content (AvgIpc) is 2.94. The van der Waals surface area contributed by atoms with Crippen LogP contribution in [0.4, 0.5) is 5.95 Å². The summed E-state index contributed by atoms with van der Waals surface area (Å²) in [6.45, 7) is 0.832. The van der Waals surface area contributed by atoms with Gasteiger partial charge in [0.2, 0.25) is 5.95 Å². The molecule has 1 N–H and O–H groups in total. The maximum atomic E-state index is 12.1. The third kappa shape index (κ3) is 2.04. The Hall–Kier alpha value is -1.34. The standard InChI is InChI=1S/C11H9BrN4OS/c12-8-4-2-1-3-7(8)9(17)13-10-14-15-11-16(10)5-6-18-11/h1-4H,5-6H2,(H,13,14,17). The molecule has 1 amide bonds. The van der Waals surface area contributed by atoms with Crippen LogP contribution in [-0.2, 0) is 6.54 Å². The van der Waals surface area contributed by atoms with E-state index in [0.29, 0.717) is 11.5 Å². The maximum absolute atomic E-state index is 12.1. The first-order valence-corrected chi connectivity index (χ1v) is 7.15. The molecule has 3 rings (SSSR count). The molecular formula is C11H9BrN4OS. The molecule has 7 heteroatoms. The van der Waals surface area contributed by atoms with Crippen LogP contribution in [-0.4, -0.2) is 26.4 Å². The van der Waals surface area contributed by atoms with E-state index >= 15 is 0 Å². The predicted molar refractivity (Wildman–Crippen MR) is 72.8 cm³/mol. The number of nitrogens with one attached hydrogen (secondary N) is 1. The Bertz CT molecular complexity index is 613. The quantitative estimate of drug-likeness (QED) is 0.921. The lowest BCUT2D eigenvalue weighted by Gasteiger charge is -2.06. The van der Waals surface area contributed by atoms with Crippen molar-refractivity contribution in [2.75, 3.05) is 11.1 Å². The van der Waals surface area contributed by atoms with Crippen LogP contribution >= 0.6 is 27.7 Å². The first kappa shape index (κ1) is 11.7. The molecule has 0 aliphatic carbocycles. The Morgan fingerprint density at radius 1 is 1.39 bits per heavy atom. The van der Waals surface area contributed by atoms with E-state index in [1.54, 1.807) is 17.8 Å². The van der Waals surface area contributed by atoms with Gasteiger partial charge >= 0.3 is 0 Å². The average molecular weight is 325 g/mol. The zero-order valence-corrected chi connectivity index (χ0v) is 11.7. The van der Waals surface area contributed by atoms with Gasteiger partial charge < -0.3 is 0 Å². The molecule has 5 nitrogen and oxygen atoms in total. The number of carbonyl (C=O) groups excluding carboxylic acids is 1. The zero-order chi connectivity index (χ0) is 12.5. The minimum atomic E-state index is -0.186. The lowest BCUT2D eigenvalue weighted by Crippen LogP contribution is -2.16. The van der Waals surface area contributed by atoms with Crippen molar-refractivity contribution in [3.63, 3.8) is 0 Å². The third-order valence-electron chi connectivity index (χ3n) is 2.61. The number of hydrogen-bond acceptors (Lipinski definition) is 4. The van der Waals surface area contributed by atoms with Crippen LogP contribution in [0.2, 0.25) is 0 Å². The number of fused-ring (bicyclic) bond motifs is 1. The molecule has 0 spiro atoms. The summed E-state index contributed by atoms with van der Waals surface area (Å²) in [4.78, 5) is 12.1. The molecule has 0 radical (unpaired) electrons. The third-order valence-corrected chi connectivity index (χ3v) is 4.25. The van der Waals surface area contributed by atoms with E-state index in [-0.39, 0.29) is 5.91 Å². The van der Waals surface area contributed by atoms with Crippen molar-refractivity contribution in [2.45, 2.75) is 11.7 Å². The monoisotopic (exact) mass is 324 g/mol. The van der Waals surface area contributed by atoms with Crippen LogP contribution in [0.3, 0.4) is 0 Å². The summed E-state index contributed by atoms with van der Waals surface area (Å²) in [5, 5.41) is 11.6. The predicted octanol–water partition coefficient (Wildman–Crippen LogP) is 2.40. The summed E-state index contributed by atoms with van der Waals surface area (Å²) in [6.07, 6.45) is 0. The summed E-state index contributed by atoms with van der Waals surface area (Å²) in [6, 6.07) is 7.28. The highest BCUT2D eigenvalue weighted by molar-refractivity contribution is 9.10. The van der Waals surface area contributed by atoms with Gasteiger partial charge in [0.15, 0.2) is 5.16 Å². The molecule has 1 aromatic carbocycles. The van der Waals surface area contributed by atoms with Crippen LogP contribution in [0, 0.1) is 0 Å². The van der Waals surface area contributed by atoms with Crippen molar-refractivity contribution >= 4 is 39.5 Å². The molecule has 1 aromatic heterocycles. The topological polar surface area (TPSA) is 59.8 Å². The van der Waals surface area contributed by atoms with Gasteiger partial charge in [0, 0.05) is 16.8 Å². The van der Waals surface area contributed by atoms with Crippen LogP contribution in [0.5, 0.6) is 0 Å². The van der Waals surface area contributed by atoms with E-state index < -0.39 is 0 Å². The molecule has 0 unspecified atom stereocenters. The van der Waals surface area contributed by atoms with Gasteiger partial charge in [0.05, 0.1) is 5.56 Å². The van der Waals surface area contributed by atoms with Gasteiger partial charge in [0.25, 0.3) is 5.91 Å². The molecular weight excluding hydrogens is 316 g/mol. The summed E-state index contributed by atoms with van der Waals surface area (Å²) in [5.74, 6) is 1.30. The number of rotatable bonds is 2. The first-order chi connectivity index (χ1) is 8.75. The second kappa shape index (κ2) is 4.74. The van der Waals surface area contributed by atoms with Crippen LogP contribution in [0.1, 0.15) is 10.4 Å². The van der Waals surface area contributed by atoms with E-state index in [1.165, 1.54) is 0 Å². The number of aromatic nitrogens is 3. The van der Waals surface area contributed by atoms with Crippen molar-refractivity contribution in [2.24, 2.45) is 0 Å². The number of halogens is 1. The second-order valence-corrected chi connectivity index (χ2v) is 5.66. The molecule has 18 heavy (non-hydrogen) atoms. The number of amides is 1. The van der Waals surface area contributed by atoms with Crippen molar-refractivity contribution in [3.05, 3.63) is 34.3 Å². The molecule has 2 aromatic rings. The Morgan fingerprint density at radius 3 is 3.06 bits per heavy atom. The molecule has 0 atom stereocenters. The summed E-state index contributed by atoms with van der Waals surface area (Å²) < 4.78 is 2.68. The molecule has 0 saturated carbocycles. The van der Waals surface area contributed by atoms with Gasteiger partial charge in [0.1, 0.15) is 0 Å². The zero-order valence-electron chi connectivity index (χ0n) is 9.26. The lowest BCUT2D eigenvalue weighted by atomic mass is 10.2. The van der Waals surface area contributed by atoms with Crippen molar-refractivity contribution < 1.29 is 4.79 Å². The summed E-state index contributed by atoms with van der Waals surface area (Å²) in [7, 11) is 0. The van der Waals surface area contributed by atoms with E-state index in [4.69, 9.17) is 0 Å². The number of thioether (sulfide) groups is 1. The van der Waals surface area contributed by atoms with Gasteiger partial charge in [-0.1, -0.05) is 23.9 Å². The van der Waals surface area contributed by atoms with Crippen molar-refractivity contribution in [3.8, 4) is 0 Å². The summed E-state index contributed by atoms with van der Waals surface area (Å²) in [5.41, 5.74) is 0.584. The minimum Gasteiger partial charge on any atom is -0.290 e. The van der Waals surface area contributed by atoms with E-state index in [0.717, 1.165) is 21.9 Å². The second-order valence-electron chi connectivity index (χ2n) is 3.74. The first-order valence-electron chi connectivity index (χ1n) is 5.37. The number of carbonyl (C=O) groups is 1. The highest BCUT2D eigenvalue weighted by Crippen LogP contribution is 2.26. The van der Waals surface area contributed by atoms with Crippen molar-refractivity contribution in [1.82, 2.24) is 14.8 Å². The molecule has 1 aliphatic rings. The largest absolute Gasteiger partial charge is 0.290 e.